The Morgan fingerprint density at radius 1 is 1.57 bits per heavy atom. The zero-order valence-electron chi connectivity index (χ0n) is 7.47. The second-order valence-electron chi connectivity index (χ2n) is 2.24. The third-order valence-corrected chi connectivity index (χ3v) is 1.69. The summed E-state index contributed by atoms with van der Waals surface area (Å²) in [5.41, 5.74) is -0.531. The zero-order chi connectivity index (χ0) is 10.7. The van der Waals surface area contributed by atoms with E-state index in [-0.39, 0.29) is 11.0 Å². The molecule has 76 valence electrons. The summed E-state index contributed by atoms with van der Waals surface area (Å²) in [6, 6.07) is 0. The molecule has 0 saturated heterocycles. The summed E-state index contributed by atoms with van der Waals surface area (Å²) < 4.78 is 17.4. The van der Waals surface area contributed by atoms with Crippen LogP contribution in [0.1, 0.15) is 10.5 Å². The number of rotatable bonds is 2. The molecule has 0 spiro atoms. The van der Waals surface area contributed by atoms with E-state index in [0.29, 0.717) is 0 Å². The molecule has 0 saturated carbocycles. The molecule has 1 rings (SSSR count). The van der Waals surface area contributed by atoms with E-state index in [2.05, 4.69) is 20.0 Å². The van der Waals surface area contributed by atoms with Crippen LogP contribution in [0.4, 0.5) is 10.2 Å². The highest BCUT2D eigenvalue weighted by Gasteiger charge is 2.18. The van der Waals surface area contributed by atoms with Crippen LogP contribution < -0.4 is 5.32 Å². The minimum Gasteiger partial charge on any atom is -0.464 e. The SMILES string of the molecule is CNc1nc(F)c(C(=O)OC)nc1Cl. The number of nitrogens with one attached hydrogen (secondary N) is 1. The molecule has 0 amide bonds. The number of hydrogen-bond donors (Lipinski definition) is 1. The molecule has 1 N–H and O–H groups in total. The van der Waals surface area contributed by atoms with Gasteiger partial charge in [-0.2, -0.15) is 9.37 Å². The quantitative estimate of drug-likeness (QED) is 0.755. The maximum atomic E-state index is 13.1. The van der Waals surface area contributed by atoms with Crippen LogP contribution in [0.3, 0.4) is 0 Å². The minimum atomic E-state index is -1.02. The monoisotopic (exact) mass is 219 g/mol. The van der Waals surface area contributed by atoms with Gasteiger partial charge in [-0.1, -0.05) is 11.6 Å². The lowest BCUT2D eigenvalue weighted by molar-refractivity contribution is 0.0587. The second kappa shape index (κ2) is 4.19. The van der Waals surface area contributed by atoms with E-state index in [1.54, 1.807) is 0 Å². The lowest BCUT2D eigenvalue weighted by atomic mass is 10.4. The maximum Gasteiger partial charge on any atom is 0.361 e. The molecule has 0 aromatic carbocycles. The molecule has 1 heterocycles. The third-order valence-electron chi connectivity index (χ3n) is 1.43. The summed E-state index contributed by atoms with van der Waals surface area (Å²) in [6.07, 6.45) is 0. The van der Waals surface area contributed by atoms with E-state index in [0.717, 1.165) is 7.11 Å². The standard InChI is InChI=1S/C7H7ClFN3O2/c1-10-6-4(8)11-3(5(9)12-6)7(13)14-2/h1-2H3,(H,10,12). The summed E-state index contributed by atoms with van der Waals surface area (Å²) in [4.78, 5) is 17.8. The fourth-order valence-electron chi connectivity index (χ4n) is 0.780. The van der Waals surface area contributed by atoms with Gasteiger partial charge in [-0.15, -0.1) is 0 Å². The second-order valence-corrected chi connectivity index (χ2v) is 2.60. The number of ether oxygens (including phenoxy) is 1. The first-order valence-electron chi connectivity index (χ1n) is 3.59. The van der Waals surface area contributed by atoms with Crippen LogP contribution in [0.2, 0.25) is 5.15 Å². The van der Waals surface area contributed by atoms with Gasteiger partial charge in [-0.25, -0.2) is 9.78 Å². The first kappa shape index (κ1) is 10.6. The average molecular weight is 220 g/mol. The summed E-state index contributed by atoms with van der Waals surface area (Å²) in [5, 5.41) is 2.43. The van der Waals surface area contributed by atoms with Gasteiger partial charge >= 0.3 is 5.97 Å². The first-order chi connectivity index (χ1) is 6.60. The van der Waals surface area contributed by atoms with Crippen molar-refractivity contribution in [3.05, 3.63) is 16.8 Å². The molecule has 0 fully saturated rings. The molecule has 0 atom stereocenters. The van der Waals surface area contributed by atoms with E-state index in [4.69, 9.17) is 11.6 Å². The van der Waals surface area contributed by atoms with E-state index >= 15 is 0 Å². The number of carbonyl (C=O) groups excluding carboxylic acids is 1. The van der Waals surface area contributed by atoms with Crippen molar-refractivity contribution in [1.29, 1.82) is 0 Å². The largest absolute Gasteiger partial charge is 0.464 e. The molecule has 14 heavy (non-hydrogen) atoms. The lowest BCUT2D eigenvalue weighted by Gasteiger charge is -2.04. The number of aromatic nitrogens is 2. The predicted octanol–water partition coefficient (Wildman–Crippen LogP) is 1.10. The van der Waals surface area contributed by atoms with Gasteiger partial charge in [-0.05, 0) is 0 Å². The van der Waals surface area contributed by atoms with Crippen LogP contribution in [-0.4, -0.2) is 30.1 Å². The highest BCUT2D eigenvalue weighted by Crippen LogP contribution is 2.17. The van der Waals surface area contributed by atoms with E-state index < -0.39 is 17.6 Å². The Labute approximate surface area is 84.3 Å². The van der Waals surface area contributed by atoms with Crippen molar-refractivity contribution in [2.75, 3.05) is 19.5 Å². The van der Waals surface area contributed by atoms with Crippen molar-refractivity contribution in [3.8, 4) is 0 Å². The molecule has 5 nitrogen and oxygen atoms in total. The Morgan fingerprint density at radius 3 is 2.71 bits per heavy atom. The lowest BCUT2D eigenvalue weighted by Crippen LogP contribution is -2.11. The van der Waals surface area contributed by atoms with Crippen LogP contribution in [0.5, 0.6) is 0 Å². The van der Waals surface area contributed by atoms with Gasteiger partial charge in [0.2, 0.25) is 11.6 Å². The number of esters is 1. The maximum absolute atomic E-state index is 13.1. The molecule has 1 aromatic rings. The highest BCUT2D eigenvalue weighted by molar-refractivity contribution is 6.31. The molecule has 0 aliphatic carbocycles. The highest BCUT2D eigenvalue weighted by atomic mass is 35.5. The van der Waals surface area contributed by atoms with E-state index in [1.165, 1.54) is 7.05 Å². The molecule has 1 aromatic heterocycles. The summed E-state index contributed by atoms with van der Waals surface area (Å²) in [5.74, 6) is -1.87. The van der Waals surface area contributed by atoms with Gasteiger partial charge in [0.15, 0.2) is 11.0 Å². The van der Waals surface area contributed by atoms with Gasteiger partial charge < -0.3 is 10.1 Å². The number of nitrogens with zero attached hydrogens (tertiary/aromatic N) is 2. The third kappa shape index (κ3) is 1.90. The minimum absolute atomic E-state index is 0.0665. The Kier molecular flexibility index (Phi) is 3.19. The fourth-order valence-corrected chi connectivity index (χ4v) is 1.00. The molecule has 0 aliphatic rings. The van der Waals surface area contributed by atoms with Gasteiger partial charge in [0, 0.05) is 7.05 Å². The zero-order valence-corrected chi connectivity index (χ0v) is 8.22. The number of carbonyl (C=O) groups is 1. The van der Waals surface area contributed by atoms with Crippen molar-refractivity contribution in [2.24, 2.45) is 0 Å². The van der Waals surface area contributed by atoms with Gasteiger partial charge in [0.1, 0.15) is 0 Å². The van der Waals surface area contributed by atoms with Crippen LogP contribution in [0.25, 0.3) is 0 Å². The van der Waals surface area contributed by atoms with Crippen LogP contribution >= 0.6 is 11.6 Å². The van der Waals surface area contributed by atoms with Crippen molar-refractivity contribution in [1.82, 2.24) is 9.97 Å². The number of halogens is 2. The molecular formula is C7H7ClFN3O2. The van der Waals surface area contributed by atoms with Crippen molar-refractivity contribution >= 4 is 23.4 Å². The Balaban J connectivity index is 3.21. The Hall–Kier alpha value is -1.43. The van der Waals surface area contributed by atoms with Crippen LogP contribution in [0, 0.1) is 5.95 Å². The molecule has 0 unspecified atom stereocenters. The predicted molar refractivity (Wildman–Crippen MR) is 47.9 cm³/mol. The van der Waals surface area contributed by atoms with E-state index in [9.17, 15) is 9.18 Å². The number of hydrogen-bond acceptors (Lipinski definition) is 5. The fraction of sp³-hybridized carbons (Fsp3) is 0.286. The number of methoxy groups -OCH3 is 1. The van der Waals surface area contributed by atoms with Crippen molar-refractivity contribution in [3.63, 3.8) is 0 Å². The van der Waals surface area contributed by atoms with E-state index in [1.807, 2.05) is 0 Å². The summed E-state index contributed by atoms with van der Waals surface area (Å²) in [7, 11) is 2.62. The van der Waals surface area contributed by atoms with Crippen LogP contribution in [-0.2, 0) is 4.74 Å². The van der Waals surface area contributed by atoms with Crippen LogP contribution in [0.15, 0.2) is 0 Å². The van der Waals surface area contributed by atoms with Gasteiger partial charge in [-0.3, -0.25) is 0 Å². The average Bonchev–Trinajstić information content (AvgIpc) is 2.19. The Bertz CT molecular complexity index is 372. The molecule has 0 radical (unpaired) electrons. The summed E-state index contributed by atoms with van der Waals surface area (Å²) in [6.45, 7) is 0. The molecule has 7 heteroatoms. The van der Waals surface area contributed by atoms with Crippen molar-refractivity contribution in [2.45, 2.75) is 0 Å². The first-order valence-corrected chi connectivity index (χ1v) is 3.97. The molecule has 0 bridgehead atoms. The van der Waals surface area contributed by atoms with Gasteiger partial charge in [0.05, 0.1) is 7.11 Å². The van der Waals surface area contributed by atoms with Crippen molar-refractivity contribution < 1.29 is 13.9 Å². The van der Waals surface area contributed by atoms with Gasteiger partial charge in [0.25, 0.3) is 0 Å². The Morgan fingerprint density at radius 2 is 2.21 bits per heavy atom. The summed E-state index contributed by atoms with van der Waals surface area (Å²) >= 11 is 5.59. The molecular weight excluding hydrogens is 213 g/mol. The smallest absolute Gasteiger partial charge is 0.361 e. The number of anilines is 1. The topological polar surface area (TPSA) is 64.1 Å². The molecule has 0 aliphatic heterocycles. The normalized spacial score (nSPS) is 9.71.